The number of nitrogens with one attached hydrogen (secondary N) is 1. The number of benzene rings is 1. The first-order valence-corrected chi connectivity index (χ1v) is 9.91. The number of rotatable bonds is 3. The molecule has 3 aromatic rings. The zero-order valence-electron chi connectivity index (χ0n) is 16.3. The largest absolute Gasteiger partial charge is 0.368 e. The summed E-state index contributed by atoms with van der Waals surface area (Å²) in [6.45, 7) is 4.20. The lowest BCUT2D eigenvalue weighted by Crippen LogP contribution is -2.44. The maximum Gasteiger partial charge on any atom is 0.276 e. The van der Waals surface area contributed by atoms with E-state index in [1.807, 2.05) is 12.1 Å². The smallest absolute Gasteiger partial charge is 0.276 e. The quantitative estimate of drug-likeness (QED) is 0.739. The molecule has 2 aliphatic rings. The highest BCUT2D eigenvalue weighted by atomic mass is 19.1. The summed E-state index contributed by atoms with van der Waals surface area (Å²) in [7, 11) is 2.14. The molecular formula is C21H23FN6O. The predicted molar refractivity (Wildman–Crippen MR) is 110 cm³/mol. The van der Waals surface area contributed by atoms with E-state index in [1.165, 1.54) is 0 Å². The fourth-order valence-electron chi connectivity index (χ4n) is 4.16. The molecule has 2 aromatic heterocycles. The third-order valence-corrected chi connectivity index (χ3v) is 5.78. The van der Waals surface area contributed by atoms with Crippen molar-refractivity contribution in [3.63, 3.8) is 0 Å². The van der Waals surface area contributed by atoms with E-state index < -0.39 is 6.17 Å². The maximum atomic E-state index is 13.4. The van der Waals surface area contributed by atoms with Gasteiger partial charge in [-0.2, -0.15) is 5.10 Å². The van der Waals surface area contributed by atoms with E-state index >= 15 is 0 Å². The Hall–Kier alpha value is -3.00. The Kier molecular flexibility index (Phi) is 4.43. The van der Waals surface area contributed by atoms with Crippen LogP contribution in [0.5, 0.6) is 0 Å². The van der Waals surface area contributed by atoms with Gasteiger partial charge in [0.1, 0.15) is 6.17 Å². The zero-order valence-corrected chi connectivity index (χ0v) is 16.3. The first-order chi connectivity index (χ1) is 14.1. The van der Waals surface area contributed by atoms with Crippen molar-refractivity contribution in [2.75, 3.05) is 43.4 Å². The highest BCUT2D eigenvalue weighted by molar-refractivity contribution is 6.10. The number of aromatic nitrogens is 3. The summed E-state index contributed by atoms with van der Waals surface area (Å²) in [5, 5.41) is 9.18. The first-order valence-electron chi connectivity index (χ1n) is 9.91. The molecule has 29 heavy (non-hydrogen) atoms. The summed E-state index contributed by atoms with van der Waals surface area (Å²) < 4.78 is 15.0. The number of pyridine rings is 1. The first kappa shape index (κ1) is 18.1. The molecule has 0 radical (unpaired) electrons. The molecule has 0 aliphatic carbocycles. The number of carbonyl (C=O) groups excluding carboxylic acids is 1. The zero-order chi connectivity index (χ0) is 20.0. The van der Waals surface area contributed by atoms with Crippen molar-refractivity contribution >= 4 is 28.1 Å². The standard InChI is InChI=1S/C21H23FN6O/c1-26-6-8-27(9-7-26)20-3-2-18(17-12-23-5-4-16(17)20)24-21(29)19-11-15-10-14(22)13-28(15)25-19/h2-5,11-12,14H,6-10,13H2,1H3,(H,24,29). The van der Waals surface area contributed by atoms with Crippen LogP contribution in [0.1, 0.15) is 16.2 Å². The maximum absolute atomic E-state index is 13.4. The molecule has 1 N–H and O–H groups in total. The molecular weight excluding hydrogens is 371 g/mol. The van der Waals surface area contributed by atoms with Gasteiger partial charge in [0.15, 0.2) is 5.69 Å². The number of nitrogens with zero attached hydrogens (tertiary/aromatic N) is 5. The highest BCUT2D eigenvalue weighted by Gasteiger charge is 2.25. The number of piperazine rings is 1. The van der Waals surface area contributed by atoms with Crippen molar-refractivity contribution in [1.82, 2.24) is 19.7 Å². The Labute approximate surface area is 168 Å². The lowest BCUT2D eigenvalue weighted by molar-refractivity contribution is 0.102. The molecule has 8 heteroatoms. The van der Waals surface area contributed by atoms with Gasteiger partial charge in [-0.05, 0) is 31.3 Å². The lowest BCUT2D eigenvalue weighted by Gasteiger charge is -2.34. The van der Waals surface area contributed by atoms with Crippen LogP contribution in [0.2, 0.25) is 0 Å². The van der Waals surface area contributed by atoms with Crippen LogP contribution in [-0.4, -0.2) is 65.0 Å². The van der Waals surface area contributed by atoms with E-state index in [9.17, 15) is 9.18 Å². The number of fused-ring (bicyclic) bond motifs is 2. The van der Waals surface area contributed by atoms with E-state index in [2.05, 4.69) is 38.3 Å². The molecule has 1 aromatic carbocycles. The molecule has 7 nitrogen and oxygen atoms in total. The molecule has 1 amide bonds. The molecule has 0 bridgehead atoms. The number of anilines is 2. The average molecular weight is 394 g/mol. The molecule has 150 valence electrons. The third kappa shape index (κ3) is 3.33. The van der Waals surface area contributed by atoms with E-state index in [0.29, 0.717) is 17.8 Å². The van der Waals surface area contributed by atoms with Crippen LogP contribution in [0.25, 0.3) is 10.8 Å². The monoisotopic (exact) mass is 394 g/mol. The molecule has 1 atom stereocenters. The highest BCUT2D eigenvalue weighted by Crippen LogP contribution is 2.32. The van der Waals surface area contributed by atoms with E-state index in [1.54, 1.807) is 23.1 Å². The molecule has 1 saturated heterocycles. The van der Waals surface area contributed by atoms with Crippen LogP contribution in [-0.2, 0) is 13.0 Å². The molecule has 1 fully saturated rings. The second-order valence-electron chi connectivity index (χ2n) is 7.80. The van der Waals surface area contributed by atoms with Crippen molar-refractivity contribution in [3.05, 3.63) is 48.0 Å². The number of alkyl halides is 1. The van der Waals surface area contributed by atoms with Crippen LogP contribution in [0.4, 0.5) is 15.8 Å². The number of carbonyl (C=O) groups is 1. The van der Waals surface area contributed by atoms with Crippen molar-refractivity contribution in [2.45, 2.75) is 19.1 Å². The van der Waals surface area contributed by atoms with Gasteiger partial charge in [0, 0.05) is 67.1 Å². The fraction of sp³-hybridized carbons (Fsp3) is 0.381. The molecule has 0 spiro atoms. The molecule has 0 saturated carbocycles. The third-order valence-electron chi connectivity index (χ3n) is 5.78. The number of likely N-dealkylation sites (N-methyl/N-ethyl adjacent to an activating group) is 1. The summed E-state index contributed by atoms with van der Waals surface area (Å²) in [5.74, 6) is -0.292. The SMILES string of the molecule is CN1CCN(c2ccc(NC(=O)c3cc4n(n3)CC(F)C4)c3cnccc23)CC1. The predicted octanol–water partition coefficient (Wildman–Crippen LogP) is 2.33. The molecule has 1 unspecified atom stereocenters. The second-order valence-corrected chi connectivity index (χ2v) is 7.80. The van der Waals surface area contributed by atoms with Gasteiger partial charge in [0.2, 0.25) is 0 Å². The normalized spacial score (nSPS) is 19.5. The van der Waals surface area contributed by atoms with Gasteiger partial charge in [-0.25, -0.2) is 4.39 Å². The van der Waals surface area contributed by atoms with Gasteiger partial charge >= 0.3 is 0 Å². The van der Waals surface area contributed by atoms with Crippen LogP contribution < -0.4 is 10.2 Å². The van der Waals surface area contributed by atoms with Gasteiger partial charge < -0.3 is 15.1 Å². The van der Waals surface area contributed by atoms with Gasteiger partial charge in [-0.3, -0.25) is 14.5 Å². The number of halogens is 1. The van der Waals surface area contributed by atoms with Crippen LogP contribution >= 0.6 is 0 Å². The van der Waals surface area contributed by atoms with Gasteiger partial charge in [-0.15, -0.1) is 0 Å². The Balaban J connectivity index is 1.43. The van der Waals surface area contributed by atoms with Crippen LogP contribution in [0, 0.1) is 0 Å². The van der Waals surface area contributed by atoms with Crippen molar-refractivity contribution < 1.29 is 9.18 Å². The summed E-state index contributed by atoms with van der Waals surface area (Å²) in [6, 6.07) is 7.65. The average Bonchev–Trinajstić information content (AvgIpc) is 3.27. The number of hydrogen-bond acceptors (Lipinski definition) is 5. The van der Waals surface area contributed by atoms with Crippen LogP contribution in [0.3, 0.4) is 0 Å². The Morgan fingerprint density at radius 1 is 1.17 bits per heavy atom. The van der Waals surface area contributed by atoms with Crippen molar-refractivity contribution in [2.24, 2.45) is 0 Å². The summed E-state index contributed by atoms with van der Waals surface area (Å²) in [4.78, 5) is 21.7. The molecule has 2 aliphatic heterocycles. The lowest BCUT2D eigenvalue weighted by atomic mass is 10.1. The minimum Gasteiger partial charge on any atom is -0.368 e. The Bertz CT molecular complexity index is 1050. The fourth-order valence-corrected chi connectivity index (χ4v) is 4.16. The van der Waals surface area contributed by atoms with Crippen LogP contribution in [0.15, 0.2) is 36.7 Å². The topological polar surface area (TPSA) is 66.3 Å². The van der Waals surface area contributed by atoms with Gasteiger partial charge in [0.05, 0.1) is 12.2 Å². The van der Waals surface area contributed by atoms with Crippen molar-refractivity contribution in [3.8, 4) is 0 Å². The van der Waals surface area contributed by atoms with Gasteiger partial charge in [-0.1, -0.05) is 0 Å². The van der Waals surface area contributed by atoms with E-state index in [4.69, 9.17) is 0 Å². The van der Waals surface area contributed by atoms with Gasteiger partial charge in [0.25, 0.3) is 5.91 Å². The van der Waals surface area contributed by atoms with E-state index in [-0.39, 0.29) is 12.5 Å². The minimum absolute atomic E-state index is 0.217. The minimum atomic E-state index is -0.910. The summed E-state index contributed by atoms with van der Waals surface area (Å²) in [5.41, 5.74) is 2.93. The summed E-state index contributed by atoms with van der Waals surface area (Å²) >= 11 is 0. The van der Waals surface area contributed by atoms with E-state index in [0.717, 1.165) is 48.3 Å². The van der Waals surface area contributed by atoms with Crippen molar-refractivity contribution in [1.29, 1.82) is 0 Å². The Morgan fingerprint density at radius 2 is 2.00 bits per heavy atom. The molecule has 5 rings (SSSR count). The number of hydrogen-bond donors (Lipinski definition) is 1. The molecule has 4 heterocycles. The summed E-state index contributed by atoms with van der Waals surface area (Å²) in [6.07, 6.45) is 2.96. The number of amides is 1. The Morgan fingerprint density at radius 3 is 2.79 bits per heavy atom. The second kappa shape index (κ2) is 7.11.